The van der Waals surface area contributed by atoms with Gasteiger partial charge in [-0.05, 0) is 46.0 Å². The smallest absolute Gasteiger partial charge is 0.312 e. The molecule has 4 heteroatoms. The van der Waals surface area contributed by atoms with Gasteiger partial charge in [0.05, 0.1) is 11.3 Å². The molecule has 0 aromatic heterocycles. The van der Waals surface area contributed by atoms with E-state index in [1.165, 1.54) is 0 Å². The molecule has 3 rings (SSSR count). The highest BCUT2D eigenvalue weighted by molar-refractivity contribution is 5.83. The second-order valence-electron chi connectivity index (χ2n) is 6.10. The molecule has 3 aliphatic carbocycles. The zero-order valence-corrected chi connectivity index (χ0v) is 9.95. The van der Waals surface area contributed by atoms with E-state index in [4.69, 9.17) is 9.84 Å². The fourth-order valence-corrected chi connectivity index (χ4v) is 2.91. The lowest BCUT2D eigenvalue weighted by atomic mass is 9.69. The number of carbonyl (C=O) groups is 2. The van der Waals surface area contributed by atoms with Crippen LogP contribution in [-0.2, 0) is 14.3 Å². The predicted molar refractivity (Wildman–Crippen MR) is 56.7 cm³/mol. The maximum Gasteiger partial charge on any atom is 0.312 e. The Morgan fingerprint density at radius 1 is 1.25 bits per heavy atom. The average Bonchev–Trinajstić information content (AvgIpc) is 2.52. The monoisotopic (exact) mass is 226 g/mol. The van der Waals surface area contributed by atoms with E-state index in [-0.39, 0.29) is 17.8 Å². The summed E-state index contributed by atoms with van der Waals surface area (Å²) in [6.45, 7) is 5.50. The number of hydrogen-bond donors (Lipinski definition) is 1. The largest absolute Gasteiger partial charge is 0.481 e. The Balaban J connectivity index is 2.03. The number of carboxylic acids is 1. The van der Waals surface area contributed by atoms with Gasteiger partial charge in [0.25, 0.3) is 0 Å². The summed E-state index contributed by atoms with van der Waals surface area (Å²) < 4.78 is 5.36. The lowest BCUT2D eigenvalue weighted by Gasteiger charge is -2.37. The standard InChI is InChI=1S/C12H18O4/c1-11(2,3)16-10(15)12-4-7(5-12)8(6-12)9(13)14/h7-8H,4-6H2,1-3H3,(H,13,14). The van der Waals surface area contributed by atoms with E-state index >= 15 is 0 Å². The number of esters is 1. The Bertz CT molecular complexity index is 333. The maximum absolute atomic E-state index is 12.0. The summed E-state index contributed by atoms with van der Waals surface area (Å²) in [5.41, 5.74) is -0.973. The van der Waals surface area contributed by atoms with Crippen LogP contribution in [0.5, 0.6) is 0 Å². The molecule has 0 aromatic carbocycles. The normalized spacial score (nSPS) is 36.7. The average molecular weight is 226 g/mol. The first-order chi connectivity index (χ1) is 7.23. The lowest BCUT2D eigenvalue weighted by molar-refractivity contribution is -0.172. The van der Waals surface area contributed by atoms with E-state index < -0.39 is 17.0 Å². The molecule has 1 unspecified atom stereocenters. The van der Waals surface area contributed by atoms with Crippen LogP contribution in [0.4, 0.5) is 0 Å². The van der Waals surface area contributed by atoms with Crippen LogP contribution in [0.25, 0.3) is 0 Å². The predicted octanol–water partition coefficient (Wildman–Crippen LogP) is 1.83. The van der Waals surface area contributed by atoms with Crippen molar-refractivity contribution < 1.29 is 19.4 Å². The summed E-state index contributed by atoms with van der Waals surface area (Å²) in [4.78, 5) is 22.9. The lowest BCUT2D eigenvalue weighted by Crippen LogP contribution is -2.41. The van der Waals surface area contributed by atoms with Crippen LogP contribution < -0.4 is 0 Å². The van der Waals surface area contributed by atoms with Crippen LogP contribution in [0.15, 0.2) is 0 Å². The van der Waals surface area contributed by atoms with E-state index in [9.17, 15) is 9.59 Å². The third kappa shape index (κ3) is 1.70. The number of fused-ring (bicyclic) bond motifs is 1. The molecule has 0 amide bonds. The van der Waals surface area contributed by atoms with E-state index in [0.717, 1.165) is 0 Å². The molecule has 0 saturated heterocycles. The highest BCUT2D eigenvalue weighted by atomic mass is 16.6. The Hall–Kier alpha value is -1.06. The van der Waals surface area contributed by atoms with Crippen LogP contribution >= 0.6 is 0 Å². The van der Waals surface area contributed by atoms with Gasteiger partial charge in [-0.15, -0.1) is 0 Å². The van der Waals surface area contributed by atoms with E-state index in [2.05, 4.69) is 0 Å². The minimum absolute atomic E-state index is 0.185. The highest BCUT2D eigenvalue weighted by Gasteiger charge is 2.63. The third-order valence-electron chi connectivity index (χ3n) is 3.63. The minimum Gasteiger partial charge on any atom is -0.481 e. The van der Waals surface area contributed by atoms with E-state index in [1.54, 1.807) is 0 Å². The van der Waals surface area contributed by atoms with Gasteiger partial charge in [0.2, 0.25) is 0 Å². The Labute approximate surface area is 95.0 Å². The van der Waals surface area contributed by atoms with Crippen molar-refractivity contribution in [3.63, 3.8) is 0 Å². The summed E-state index contributed by atoms with van der Waals surface area (Å²) in [7, 11) is 0. The van der Waals surface area contributed by atoms with E-state index in [1.807, 2.05) is 20.8 Å². The number of carboxylic acid groups (broad SMARTS) is 1. The molecule has 2 bridgehead atoms. The van der Waals surface area contributed by atoms with Crippen molar-refractivity contribution in [3.05, 3.63) is 0 Å². The zero-order chi connectivity index (χ0) is 12.1. The molecule has 0 aliphatic heterocycles. The minimum atomic E-state index is -0.770. The quantitative estimate of drug-likeness (QED) is 0.729. The Kier molecular flexibility index (Phi) is 2.30. The molecule has 16 heavy (non-hydrogen) atoms. The van der Waals surface area contributed by atoms with Crippen molar-refractivity contribution in [1.29, 1.82) is 0 Å². The fourth-order valence-electron chi connectivity index (χ4n) is 2.91. The summed E-state index contributed by atoms with van der Waals surface area (Å²) in [6, 6.07) is 0. The van der Waals surface area contributed by atoms with Crippen molar-refractivity contribution in [3.8, 4) is 0 Å². The van der Waals surface area contributed by atoms with E-state index in [0.29, 0.717) is 19.3 Å². The summed E-state index contributed by atoms with van der Waals surface area (Å²) >= 11 is 0. The van der Waals surface area contributed by atoms with Gasteiger partial charge in [-0.1, -0.05) is 0 Å². The number of ether oxygens (including phenoxy) is 1. The highest BCUT2D eigenvalue weighted by Crippen LogP contribution is 2.62. The molecular weight excluding hydrogens is 208 g/mol. The molecule has 1 N–H and O–H groups in total. The molecule has 4 nitrogen and oxygen atoms in total. The topological polar surface area (TPSA) is 63.6 Å². The van der Waals surface area contributed by atoms with Crippen molar-refractivity contribution in [1.82, 2.24) is 0 Å². The van der Waals surface area contributed by atoms with Gasteiger partial charge in [-0.25, -0.2) is 0 Å². The molecule has 0 spiro atoms. The first kappa shape index (κ1) is 11.4. The van der Waals surface area contributed by atoms with Gasteiger partial charge in [-0.3, -0.25) is 9.59 Å². The molecule has 90 valence electrons. The number of carbonyl (C=O) groups excluding carboxylic acids is 1. The van der Waals surface area contributed by atoms with Gasteiger partial charge >= 0.3 is 11.9 Å². The molecule has 1 atom stereocenters. The zero-order valence-electron chi connectivity index (χ0n) is 9.95. The summed E-state index contributed by atoms with van der Waals surface area (Å²) in [6.07, 6.45) is 1.85. The number of aliphatic carboxylic acids is 1. The molecule has 0 heterocycles. The second-order valence-corrected chi connectivity index (χ2v) is 6.10. The van der Waals surface area contributed by atoms with Crippen LogP contribution in [0.3, 0.4) is 0 Å². The van der Waals surface area contributed by atoms with Gasteiger partial charge in [-0.2, -0.15) is 0 Å². The molecule has 3 saturated carbocycles. The van der Waals surface area contributed by atoms with Gasteiger partial charge in [0, 0.05) is 0 Å². The third-order valence-corrected chi connectivity index (χ3v) is 3.63. The maximum atomic E-state index is 12.0. The first-order valence-corrected chi connectivity index (χ1v) is 5.70. The summed E-state index contributed by atoms with van der Waals surface area (Å²) in [5.74, 6) is -1.13. The molecule has 3 fully saturated rings. The summed E-state index contributed by atoms with van der Waals surface area (Å²) in [5, 5.41) is 8.99. The molecular formula is C12H18O4. The molecule has 0 aromatic rings. The van der Waals surface area contributed by atoms with Crippen molar-refractivity contribution in [2.24, 2.45) is 17.3 Å². The van der Waals surface area contributed by atoms with Crippen molar-refractivity contribution in [2.45, 2.75) is 45.6 Å². The second kappa shape index (κ2) is 3.22. The van der Waals surface area contributed by atoms with Crippen LogP contribution in [0, 0.1) is 17.3 Å². The van der Waals surface area contributed by atoms with Crippen molar-refractivity contribution >= 4 is 11.9 Å². The Morgan fingerprint density at radius 3 is 2.19 bits per heavy atom. The Morgan fingerprint density at radius 2 is 1.81 bits per heavy atom. The fraction of sp³-hybridized carbons (Fsp3) is 0.833. The SMILES string of the molecule is CC(C)(C)OC(=O)C12CC(C1)C(C(=O)O)C2. The van der Waals surface area contributed by atoms with Crippen LogP contribution in [0.2, 0.25) is 0 Å². The van der Waals surface area contributed by atoms with Gasteiger partial charge in [0.1, 0.15) is 5.60 Å². The van der Waals surface area contributed by atoms with Gasteiger partial charge < -0.3 is 9.84 Å². The van der Waals surface area contributed by atoms with Crippen LogP contribution in [-0.4, -0.2) is 22.6 Å². The first-order valence-electron chi connectivity index (χ1n) is 5.70. The number of rotatable bonds is 2. The van der Waals surface area contributed by atoms with Crippen molar-refractivity contribution in [2.75, 3.05) is 0 Å². The van der Waals surface area contributed by atoms with Gasteiger partial charge in [0.15, 0.2) is 0 Å². The number of hydrogen-bond acceptors (Lipinski definition) is 3. The molecule has 0 radical (unpaired) electrons. The van der Waals surface area contributed by atoms with Crippen LogP contribution in [0.1, 0.15) is 40.0 Å². The molecule has 3 aliphatic rings.